The molecule has 1 aromatic rings. The number of hydrogen-bond acceptors (Lipinski definition) is 3. The molecule has 0 aliphatic rings. The summed E-state index contributed by atoms with van der Waals surface area (Å²) in [5.74, 6) is 0.175. The topological polar surface area (TPSA) is 43.1 Å². The highest BCUT2D eigenvalue weighted by molar-refractivity contribution is 7.16. The van der Waals surface area contributed by atoms with Crippen LogP contribution < -0.4 is 5.73 Å². The first-order valence-electron chi connectivity index (χ1n) is 4.34. The highest BCUT2D eigenvalue weighted by Gasteiger charge is 2.19. The molecule has 0 bridgehead atoms. The molecule has 0 amide bonds. The maximum Gasteiger partial charge on any atom is 0.168 e. The van der Waals surface area contributed by atoms with E-state index in [4.69, 9.17) is 5.73 Å². The van der Waals surface area contributed by atoms with Crippen molar-refractivity contribution in [1.82, 2.24) is 0 Å². The third-order valence-electron chi connectivity index (χ3n) is 2.18. The lowest BCUT2D eigenvalue weighted by Gasteiger charge is -2.04. The molecule has 0 aliphatic carbocycles. The summed E-state index contributed by atoms with van der Waals surface area (Å²) in [6.07, 6.45) is 0. The molecule has 72 valence electrons. The van der Waals surface area contributed by atoms with E-state index in [2.05, 4.69) is 0 Å². The van der Waals surface area contributed by atoms with Crippen LogP contribution >= 0.6 is 11.3 Å². The first-order chi connectivity index (χ1) is 5.95. The quantitative estimate of drug-likeness (QED) is 0.741. The summed E-state index contributed by atoms with van der Waals surface area (Å²) in [5.41, 5.74) is 7.56. The molecule has 0 radical (unpaired) electrons. The van der Waals surface area contributed by atoms with Gasteiger partial charge in [-0.25, -0.2) is 0 Å². The van der Waals surface area contributed by atoms with Crippen molar-refractivity contribution in [3.8, 4) is 0 Å². The van der Waals surface area contributed by atoms with E-state index in [1.54, 1.807) is 0 Å². The summed E-state index contributed by atoms with van der Waals surface area (Å²) in [4.78, 5) is 12.9. The van der Waals surface area contributed by atoms with Crippen LogP contribution in [0.5, 0.6) is 0 Å². The second kappa shape index (κ2) is 3.50. The Balaban J connectivity index is 3.21. The number of thiophene rings is 1. The normalized spacial score (nSPS) is 10.8. The van der Waals surface area contributed by atoms with Gasteiger partial charge < -0.3 is 5.73 Å². The van der Waals surface area contributed by atoms with Crippen molar-refractivity contribution < 1.29 is 4.79 Å². The summed E-state index contributed by atoms with van der Waals surface area (Å²) in [6, 6.07) is 0. The SMILES string of the molecule is Cc1sc(N)c(C(=O)C(C)C)c1C. The number of ketones is 1. The molecule has 0 spiro atoms. The smallest absolute Gasteiger partial charge is 0.168 e. The van der Waals surface area contributed by atoms with Gasteiger partial charge in [-0.05, 0) is 19.4 Å². The number of nitrogens with two attached hydrogens (primary N) is 1. The van der Waals surface area contributed by atoms with Crippen LogP contribution in [-0.2, 0) is 0 Å². The maximum absolute atomic E-state index is 11.7. The van der Waals surface area contributed by atoms with E-state index in [1.165, 1.54) is 11.3 Å². The number of nitrogen functional groups attached to an aromatic ring is 1. The first-order valence-corrected chi connectivity index (χ1v) is 5.16. The van der Waals surface area contributed by atoms with Gasteiger partial charge in [0.15, 0.2) is 5.78 Å². The Kier molecular flexibility index (Phi) is 2.76. The van der Waals surface area contributed by atoms with Crippen LogP contribution in [0.15, 0.2) is 0 Å². The fraction of sp³-hybridized carbons (Fsp3) is 0.500. The predicted octanol–water partition coefficient (Wildman–Crippen LogP) is 2.79. The minimum Gasteiger partial charge on any atom is -0.390 e. The van der Waals surface area contributed by atoms with Gasteiger partial charge >= 0.3 is 0 Å². The van der Waals surface area contributed by atoms with Gasteiger partial charge in [-0.15, -0.1) is 11.3 Å². The number of Topliss-reactive ketones (excluding diaryl/α,β-unsaturated/α-hetero) is 1. The van der Waals surface area contributed by atoms with Gasteiger partial charge in [0, 0.05) is 10.8 Å². The zero-order valence-electron chi connectivity index (χ0n) is 8.47. The average molecular weight is 197 g/mol. The van der Waals surface area contributed by atoms with Crippen molar-refractivity contribution in [2.45, 2.75) is 27.7 Å². The van der Waals surface area contributed by atoms with E-state index < -0.39 is 0 Å². The summed E-state index contributed by atoms with van der Waals surface area (Å²) in [6.45, 7) is 7.74. The van der Waals surface area contributed by atoms with Crippen LogP contribution in [0.25, 0.3) is 0 Å². The molecule has 0 atom stereocenters. The molecule has 2 nitrogen and oxygen atoms in total. The highest BCUT2D eigenvalue weighted by atomic mass is 32.1. The van der Waals surface area contributed by atoms with E-state index in [0.717, 1.165) is 16.0 Å². The molecule has 1 rings (SSSR count). The second-order valence-corrected chi connectivity index (χ2v) is 4.80. The summed E-state index contributed by atoms with van der Waals surface area (Å²) >= 11 is 1.50. The fourth-order valence-electron chi connectivity index (χ4n) is 1.25. The van der Waals surface area contributed by atoms with Gasteiger partial charge in [-0.2, -0.15) is 0 Å². The number of hydrogen-bond donors (Lipinski definition) is 1. The molecule has 3 heteroatoms. The van der Waals surface area contributed by atoms with Gasteiger partial charge in [0.25, 0.3) is 0 Å². The molecule has 0 unspecified atom stereocenters. The summed E-state index contributed by atoms with van der Waals surface area (Å²) in [7, 11) is 0. The van der Waals surface area contributed by atoms with Crippen molar-refractivity contribution in [3.05, 3.63) is 16.0 Å². The van der Waals surface area contributed by atoms with Gasteiger partial charge in [-0.1, -0.05) is 13.8 Å². The zero-order chi connectivity index (χ0) is 10.2. The molecule has 1 aromatic heterocycles. The lowest BCUT2D eigenvalue weighted by molar-refractivity contribution is 0.0940. The maximum atomic E-state index is 11.7. The Hall–Kier alpha value is -0.830. The van der Waals surface area contributed by atoms with Gasteiger partial charge in [0.05, 0.1) is 10.6 Å². The van der Waals surface area contributed by atoms with Crippen LogP contribution in [0.3, 0.4) is 0 Å². The predicted molar refractivity (Wildman–Crippen MR) is 57.4 cm³/mol. The standard InChI is InChI=1S/C10H15NOS/c1-5(2)9(12)8-6(3)7(4)13-10(8)11/h5H,11H2,1-4H3. The largest absolute Gasteiger partial charge is 0.390 e. The molecular weight excluding hydrogens is 182 g/mol. The van der Waals surface area contributed by atoms with Crippen LogP contribution in [-0.4, -0.2) is 5.78 Å². The highest BCUT2D eigenvalue weighted by Crippen LogP contribution is 2.31. The molecule has 13 heavy (non-hydrogen) atoms. The van der Waals surface area contributed by atoms with Crippen molar-refractivity contribution in [2.24, 2.45) is 5.92 Å². The Morgan fingerprint density at radius 2 is 1.92 bits per heavy atom. The van der Waals surface area contributed by atoms with Crippen LogP contribution in [0, 0.1) is 19.8 Å². The van der Waals surface area contributed by atoms with Crippen LogP contribution in [0.4, 0.5) is 5.00 Å². The second-order valence-electron chi connectivity index (χ2n) is 3.54. The van der Waals surface area contributed by atoms with E-state index in [0.29, 0.717) is 5.00 Å². The third-order valence-corrected chi connectivity index (χ3v) is 3.22. The number of anilines is 1. The number of carbonyl (C=O) groups is 1. The van der Waals surface area contributed by atoms with Crippen LogP contribution in [0.2, 0.25) is 0 Å². The van der Waals surface area contributed by atoms with E-state index in [-0.39, 0.29) is 11.7 Å². The van der Waals surface area contributed by atoms with Crippen molar-refractivity contribution >= 4 is 22.1 Å². The molecule has 1 heterocycles. The van der Waals surface area contributed by atoms with Gasteiger partial charge in [-0.3, -0.25) is 4.79 Å². The molecule has 0 fully saturated rings. The van der Waals surface area contributed by atoms with Gasteiger partial charge in [0.2, 0.25) is 0 Å². The van der Waals surface area contributed by atoms with E-state index in [1.807, 2.05) is 27.7 Å². The number of aryl methyl sites for hydroxylation is 1. The fourth-order valence-corrected chi connectivity index (χ4v) is 2.19. The van der Waals surface area contributed by atoms with Crippen LogP contribution in [0.1, 0.15) is 34.6 Å². The molecule has 0 aromatic carbocycles. The van der Waals surface area contributed by atoms with E-state index in [9.17, 15) is 4.79 Å². The summed E-state index contributed by atoms with van der Waals surface area (Å²) in [5, 5.41) is 0.661. The minimum atomic E-state index is 0.0231. The minimum absolute atomic E-state index is 0.0231. The zero-order valence-corrected chi connectivity index (χ0v) is 9.29. The molecule has 2 N–H and O–H groups in total. The third kappa shape index (κ3) is 1.75. The summed E-state index contributed by atoms with van der Waals surface area (Å²) < 4.78 is 0. The lowest BCUT2D eigenvalue weighted by atomic mass is 9.99. The molecule has 0 saturated heterocycles. The Morgan fingerprint density at radius 3 is 2.23 bits per heavy atom. The first kappa shape index (κ1) is 10.3. The lowest BCUT2D eigenvalue weighted by Crippen LogP contribution is -2.09. The number of carbonyl (C=O) groups excluding carboxylic acids is 1. The Morgan fingerprint density at radius 1 is 1.38 bits per heavy atom. The Labute approximate surface area is 82.8 Å². The molecular formula is C10H15NOS. The van der Waals surface area contributed by atoms with Crippen molar-refractivity contribution in [2.75, 3.05) is 5.73 Å². The average Bonchev–Trinajstić information content (AvgIpc) is 2.26. The molecule has 0 saturated carbocycles. The number of rotatable bonds is 2. The Bertz CT molecular complexity index is 339. The van der Waals surface area contributed by atoms with Gasteiger partial charge in [0.1, 0.15) is 0 Å². The van der Waals surface area contributed by atoms with Crippen molar-refractivity contribution in [1.29, 1.82) is 0 Å². The van der Waals surface area contributed by atoms with E-state index >= 15 is 0 Å². The molecule has 0 aliphatic heterocycles. The monoisotopic (exact) mass is 197 g/mol. The van der Waals surface area contributed by atoms with Crippen molar-refractivity contribution in [3.63, 3.8) is 0 Å².